The number of nitrogens with one attached hydrogen (secondary N) is 1. The van der Waals surface area contributed by atoms with Crippen molar-refractivity contribution in [2.24, 2.45) is 0 Å². The maximum Gasteiger partial charge on any atom is 0.142 e. The molecule has 3 nitrogen and oxygen atoms in total. The van der Waals surface area contributed by atoms with Gasteiger partial charge in [-0.05, 0) is 34.1 Å². The SMILES string of the molecule is Oc1cc(F)ccc1-c1nc2cc(Br)c(F)cc2[nH]1. The standard InChI is InChI=1S/C13H7BrF2N2O/c14-8-4-10-11(5-9(8)16)18-13(17-10)7-2-1-6(15)3-12(7)19/h1-5,19H,(H,17,18). The molecule has 2 N–H and O–H groups in total. The molecule has 3 aromatic rings. The lowest BCUT2D eigenvalue weighted by atomic mass is 10.2. The number of aromatic nitrogens is 2. The lowest BCUT2D eigenvalue weighted by Crippen LogP contribution is -1.83. The highest BCUT2D eigenvalue weighted by Gasteiger charge is 2.12. The van der Waals surface area contributed by atoms with Crippen LogP contribution in [0.4, 0.5) is 8.78 Å². The fourth-order valence-electron chi connectivity index (χ4n) is 1.84. The molecule has 0 saturated carbocycles. The summed E-state index contributed by atoms with van der Waals surface area (Å²) in [6, 6.07) is 6.47. The molecule has 3 rings (SSSR count). The predicted molar refractivity (Wildman–Crippen MR) is 70.8 cm³/mol. The summed E-state index contributed by atoms with van der Waals surface area (Å²) in [5, 5.41) is 9.70. The second-order valence-electron chi connectivity index (χ2n) is 4.03. The van der Waals surface area contributed by atoms with Crippen LogP contribution in [-0.2, 0) is 0 Å². The molecule has 0 spiro atoms. The molecule has 0 bridgehead atoms. The van der Waals surface area contributed by atoms with Gasteiger partial charge in [0, 0.05) is 12.1 Å². The maximum absolute atomic E-state index is 13.4. The lowest BCUT2D eigenvalue weighted by Gasteiger charge is -2.00. The van der Waals surface area contributed by atoms with Crippen LogP contribution in [0.1, 0.15) is 0 Å². The van der Waals surface area contributed by atoms with Crippen LogP contribution in [-0.4, -0.2) is 15.1 Å². The topological polar surface area (TPSA) is 48.9 Å². The Morgan fingerprint density at radius 1 is 1.16 bits per heavy atom. The smallest absolute Gasteiger partial charge is 0.142 e. The first-order chi connectivity index (χ1) is 9.04. The average molecular weight is 325 g/mol. The molecule has 6 heteroatoms. The number of benzene rings is 2. The van der Waals surface area contributed by atoms with Gasteiger partial charge in [-0.15, -0.1) is 0 Å². The van der Waals surface area contributed by atoms with E-state index in [1.807, 2.05) is 0 Å². The van der Waals surface area contributed by atoms with Crippen LogP contribution in [0.3, 0.4) is 0 Å². The molecule has 2 aromatic carbocycles. The summed E-state index contributed by atoms with van der Waals surface area (Å²) >= 11 is 3.08. The van der Waals surface area contributed by atoms with Gasteiger partial charge < -0.3 is 10.1 Å². The summed E-state index contributed by atoms with van der Waals surface area (Å²) < 4.78 is 26.6. The molecule has 0 aliphatic rings. The van der Waals surface area contributed by atoms with E-state index in [0.29, 0.717) is 26.9 Å². The molecule has 0 radical (unpaired) electrons. The molecule has 1 aromatic heterocycles. The third-order valence-electron chi connectivity index (χ3n) is 2.74. The quantitative estimate of drug-likeness (QED) is 0.711. The first-order valence-corrected chi connectivity index (χ1v) is 6.17. The van der Waals surface area contributed by atoms with E-state index in [1.165, 1.54) is 24.3 Å². The normalized spacial score (nSPS) is 11.1. The summed E-state index contributed by atoms with van der Waals surface area (Å²) in [4.78, 5) is 7.13. The van der Waals surface area contributed by atoms with Gasteiger partial charge in [-0.1, -0.05) is 0 Å². The van der Waals surface area contributed by atoms with Crippen molar-refractivity contribution in [1.29, 1.82) is 0 Å². The van der Waals surface area contributed by atoms with Crippen molar-refractivity contribution in [3.05, 3.63) is 46.4 Å². The minimum absolute atomic E-state index is 0.224. The monoisotopic (exact) mass is 324 g/mol. The van der Waals surface area contributed by atoms with Crippen molar-refractivity contribution in [2.75, 3.05) is 0 Å². The molecule has 19 heavy (non-hydrogen) atoms. The zero-order chi connectivity index (χ0) is 13.6. The Morgan fingerprint density at radius 2 is 1.95 bits per heavy atom. The van der Waals surface area contributed by atoms with Crippen molar-refractivity contribution in [2.45, 2.75) is 0 Å². The van der Waals surface area contributed by atoms with Crippen molar-refractivity contribution >= 4 is 27.0 Å². The van der Waals surface area contributed by atoms with Crippen LogP contribution in [0.2, 0.25) is 0 Å². The van der Waals surface area contributed by atoms with E-state index in [1.54, 1.807) is 0 Å². The minimum atomic E-state index is -0.536. The van der Waals surface area contributed by atoms with E-state index < -0.39 is 11.6 Å². The zero-order valence-corrected chi connectivity index (χ0v) is 11.0. The number of rotatable bonds is 1. The zero-order valence-electron chi connectivity index (χ0n) is 9.42. The Bertz CT molecular complexity index is 747. The Kier molecular flexibility index (Phi) is 2.74. The molecule has 0 aliphatic heterocycles. The number of hydrogen-bond acceptors (Lipinski definition) is 2. The van der Waals surface area contributed by atoms with E-state index in [4.69, 9.17) is 0 Å². The Morgan fingerprint density at radius 3 is 2.68 bits per heavy atom. The first-order valence-electron chi connectivity index (χ1n) is 5.38. The van der Waals surface area contributed by atoms with Crippen LogP contribution >= 0.6 is 15.9 Å². The molecule has 0 unspecified atom stereocenters. The summed E-state index contributed by atoms with van der Waals surface area (Å²) in [5.41, 5.74) is 1.40. The number of nitrogens with zero attached hydrogens (tertiary/aromatic N) is 1. The number of fused-ring (bicyclic) bond motifs is 1. The molecule has 0 atom stereocenters. The van der Waals surface area contributed by atoms with Crippen LogP contribution in [0, 0.1) is 11.6 Å². The summed E-state index contributed by atoms with van der Waals surface area (Å²) in [6.07, 6.45) is 0. The van der Waals surface area contributed by atoms with Crippen molar-refractivity contribution < 1.29 is 13.9 Å². The Hall–Kier alpha value is -1.95. The highest BCUT2D eigenvalue weighted by molar-refractivity contribution is 9.10. The minimum Gasteiger partial charge on any atom is -0.507 e. The number of phenols is 1. The van der Waals surface area contributed by atoms with Gasteiger partial charge in [0.05, 0.1) is 21.1 Å². The third-order valence-corrected chi connectivity index (χ3v) is 3.35. The van der Waals surface area contributed by atoms with Gasteiger partial charge in [-0.25, -0.2) is 13.8 Å². The summed E-state index contributed by atoms with van der Waals surface area (Å²) in [6.45, 7) is 0. The summed E-state index contributed by atoms with van der Waals surface area (Å²) in [7, 11) is 0. The van der Waals surface area contributed by atoms with Gasteiger partial charge in [0.1, 0.15) is 23.2 Å². The Labute approximate surface area is 115 Å². The van der Waals surface area contributed by atoms with Crippen molar-refractivity contribution in [1.82, 2.24) is 9.97 Å². The highest BCUT2D eigenvalue weighted by atomic mass is 79.9. The van der Waals surface area contributed by atoms with Crippen LogP contribution in [0.5, 0.6) is 5.75 Å². The molecular weight excluding hydrogens is 318 g/mol. The number of aromatic amines is 1. The van der Waals surface area contributed by atoms with Crippen LogP contribution < -0.4 is 0 Å². The molecule has 0 amide bonds. The van der Waals surface area contributed by atoms with Gasteiger partial charge in [0.2, 0.25) is 0 Å². The molecule has 1 heterocycles. The van der Waals surface area contributed by atoms with Crippen LogP contribution in [0.25, 0.3) is 22.4 Å². The van der Waals surface area contributed by atoms with E-state index in [2.05, 4.69) is 25.9 Å². The number of H-pyrrole nitrogens is 1. The third kappa shape index (κ3) is 2.08. The van der Waals surface area contributed by atoms with Gasteiger partial charge in [0.15, 0.2) is 0 Å². The van der Waals surface area contributed by atoms with Gasteiger partial charge in [-0.3, -0.25) is 0 Å². The molecule has 0 fully saturated rings. The van der Waals surface area contributed by atoms with Gasteiger partial charge >= 0.3 is 0 Å². The second kappa shape index (κ2) is 4.31. The molecule has 0 saturated heterocycles. The maximum atomic E-state index is 13.4. The number of aromatic hydroxyl groups is 1. The molecular formula is C13H7BrF2N2O. The Balaban J connectivity index is 2.20. The molecule has 0 aliphatic carbocycles. The fourth-order valence-corrected chi connectivity index (χ4v) is 2.17. The summed E-state index contributed by atoms with van der Waals surface area (Å²) in [5.74, 6) is -0.819. The molecule has 96 valence electrons. The van der Waals surface area contributed by atoms with Crippen LogP contribution in [0.15, 0.2) is 34.8 Å². The highest BCUT2D eigenvalue weighted by Crippen LogP contribution is 2.30. The van der Waals surface area contributed by atoms with E-state index in [9.17, 15) is 13.9 Å². The number of halogens is 3. The van der Waals surface area contributed by atoms with Gasteiger partial charge in [-0.2, -0.15) is 0 Å². The van der Waals surface area contributed by atoms with Crippen molar-refractivity contribution in [3.63, 3.8) is 0 Å². The largest absolute Gasteiger partial charge is 0.507 e. The first kappa shape index (κ1) is 12.1. The average Bonchev–Trinajstić information content (AvgIpc) is 2.72. The number of phenolic OH excluding ortho intramolecular Hbond substituents is 1. The number of imidazole rings is 1. The van der Waals surface area contributed by atoms with E-state index in [0.717, 1.165) is 6.07 Å². The number of hydrogen-bond donors (Lipinski definition) is 2. The second-order valence-corrected chi connectivity index (χ2v) is 4.88. The van der Waals surface area contributed by atoms with Gasteiger partial charge in [0.25, 0.3) is 0 Å². The fraction of sp³-hybridized carbons (Fsp3) is 0. The van der Waals surface area contributed by atoms with Crippen molar-refractivity contribution in [3.8, 4) is 17.1 Å². The lowest BCUT2D eigenvalue weighted by molar-refractivity contribution is 0.471. The van der Waals surface area contributed by atoms with E-state index >= 15 is 0 Å². The predicted octanol–water partition coefficient (Wildman–Crippen LogP) is 3.98. The van der Waals surface area contributed by atoms with E-state index in [-0.39, 0.29) is 5.75 Å².